The van der Waals surface area contributed by atoms with Gasteiger partial charge in [-0.3, -0.25) is 9.69 Å². The first-order valence-electron chi connectivity index (χ1n) is 7.02. The van der Waals surface area contributed by atoms with Crippen LogP contribution < -0.4 is 5.32 Å². The third-order valence-electron chi connectivity index (χ3n) is 3.96. The summed E-state index contributed by atoms with van der Waals surface area (Å²) in [5, 5.41) is 3.19. The molecule has 0 aromatic heterocycles. The molecule has 2 fully saturated rings. The SMILES string of the molecule is CCN1CCOC(C(=O)N2CCC(CNC)C2)C1. The van der Waals surface area contributed by atoms with Crippen LogP contribution in [0, 0.1) is 5.92 Å². The van der Waals surface area contributed by atoms with Crippen molar-refractivity contribution in [3.63, 3.8) is 0 Å². The van der Waals surface area contributed by atoms with Gasteiger partial charge in [-0.2, -0.15) is 0 Å². The van der Waals surface area contributed by atoms with Gasteiger partial charge in [0.2, 0.25) is 0 Å². The number of hydrogen-bond acceptors (Lipinski definition) is 4. The Bertz CT molecular complexity index is 285. The molecule has 0 spiro atoms. The fourth-order valence-electron chi connectivity index (χ4n) is 2.83. The average Bonchev–Trinajstić information content (AvgIpc) is 2.87. The van der Waals surface area contributed by atoms with Crippen molar-refractivity contribution in [2.75, 3.05) is 52.9 Å². The van der Waals surface area contributed by atoms with Crippen LogP contribution in [0.3, 0.4) is 0 Å². The second-order valence-corrected chi connectivity index (χ2v) is 5.25. The lowest BCUT2D eigenvalue weighted by Crippen LogP contribution is -2.50. The van der Waals surface area contributed by atoms with E-state index in [9.17, 15) is 4.79 Å². The van der Waals surface area contributed by atoms with Crippen LogP contribution in [0.15, 0.2) is 0 Å². The Morgan fingerprint density at radius 3 is 2.94 bits per heavy atom. The zero-order valence-corrected chi connectivity index (χ0v) is 11.5. The van der Waals surface area contributed by atoms with Crippen LogP contribution in [0.4, 0.5) is 0 Å². The number of likely N-dealkylation sites (tertiary alicyclic amines) is 1. The number of carbonyl (C=O) groups is 1. The minimum absolute atomic E-state index is 0.187. The molecule has 1 amide bonds. The molecular weight excluding hydrogens is 230 g/mol. The number of nitrogens with one attached hydrogen (secondary N) is 1. The summed E-state index contributed by atoms with van der Waals surface area (Å²) in [5.74, 6) is 0.788. The van der Waals surface area contributed by atoms with E-state index in [1.54, 1.807) is 0 Å². The van der Waals surface area contributed by atoms with Gasteiger partial charge < -0.3 is 15.0 Å². The van der Waals surface area contributed by atoms with Crippen LogP contribution in [-0.2, 0) is 9.53 Å². The van der Waals surface area contributed by atoms with E-state index in [1.807, 2.05) is 11.9 Å². The molecular formula is C13H25N3O2. The zero-order valence-electron chi connectivity index (χ0n) is 11.5. The van der Waals surface area contributed by atoms with E-state index in [1.165, 1.54) is 0 Å². The first kappa shape index (κ1) is 13.8. The van der Waals surface area contributed by atoms with Crippen LogP contribution in [-0.4, -0.2) is 74.7 Å². The smallest absolute Gasteiger partial charge is 0.253 e. The van der Waals surface area contributed by atoms with Gasteiger partial charge in [-0.15, -0.1) is 0 Å². The van der Waals surface area contributed by atoms with Gasteiger partial charge in [0.1, 0.15) is 6.10 Å². The predicted octanol–water partition coefficient (Wildman–Crippen LogP) is -0.225. The van der Waals surface area contributed by atoms with Crippen LogP contribution in [0.2, 0.25) is 0 Å². The maximum atomic E-state index is 12.4. The number of hydrogen-bond donors (Lipinski definition) is 1. The van der Waals surface area contributed by atoms with Gasteiger partial charge >= 0.3 is 0 Å². The lowest BCUT2D eigenvalue weighted by atomic mass is 10.1. The number of carbonyl (C=O) groups excluding carboxylic acids is 1. The quantitative estimate of drug-likeness (QED) is 0.754. The van der Waals surface area contributed by atoms with E-state index in [2.05, 4.69) is 17.1 Å². The largest absolute Gasteiger partial charge is 0.366 e. The van der Waals surface area contributed by atoms with Crippen molar-refractivity contribution in [1.82, 2.24) is 15.1 Å². The molecule has 2 atom stereocenters. The lowest BCUT2D eigenvalue weighted by molar-refractivity contribution is -0.148. The maximum Gasteiger partial charge on any atom is 0.253 e. The van der Waals surface area contributed by atoms with Gasteiger partial charge in [-0.1, -0.05) is 6.92 Å². The molecule has 104 valence electrons. The molecule has 0 aromatic carbocycles. The molecule has 5 heteroatoms. The zero-order chi connectivity index (χ0) is 13.0. The second kappa shape index (κ2) is 6.50. The van der Waals surface area contributed by atoms with Crippen LogP contribution in [0.5, 0.6) is 0 Å². The summed E-state index contributed by atoms with van der Waals surface area (Å²) in [6.07, 6.45) is 0.864. The lowest BCUT2D eigenvalue weighted by Gasteiger charge is -2.33. The summed E-state index contributed by atoms with van der Waals surface area (Å²) < 4.78 is 5.63. The Labute approximate surface area is 109 Å². The minimum atomic E-state index is -0.243. The Balaban J connectivity index is 1.84. The van der Waals surface area contributed by atoms with Gasteiger partial charge in [0, 0.05) is 26.2 Å². The van der Waals surface area contributed by atoms with Gasteiger partial charge in [0.25, 0.3) is 5.91 Å². The van der Waals surface area contributed by atoms with E-state index >= 15 is 0 Å². The number of amides is 1. The number of nitrogens with zero attached hydrogens (tertiary/aromatic N) is 2. The van der Waals surface area contributed by atoms with Crippen molar-refractivity contribution in [1.29, 1.82) is 0 Å². The molecule has 2 aliphatic rings. The van der Waals surface area contributed by atoms with Gasteiger partial charge in [-0.05, 0) is 32.5 Å². The number of likely N-dealkylation sites (N-methyl/N-ethyl adjacent to an activating group) is 1. The molecule has 0 aliphatic carbocycles. The van der Waals surface area contributed by atoms with Crippen molar-refractivity contribution in [2.45, 2.75) is 19.4 Å². The second-order valence-electron chi connectivity index (χ2n) is 5.25. The molecule has 2 heterocycles. The van der Waals surface area contributed by atoms with Crippen molar-refractivity contribution < 1.29 is 9.53 Å². The van der Waals surface area contributed by atoms with Gasteiger partial charge in [0.05, 0.1) is 6.61 Å². The minimum Gasteiger partial charge on any atom is -0.366 e. The molecule has 2 rings (SSSR count). The molecule has 0 bridgehead atoms. The predicted molar refractivity (Wildman–Crippen MR) is 70.5 cm³/mol. The molecule has 0 saturated carbocycles. The summed E-state index contributed by atoms with van der Waals surface area (Å²) in [5.41, 5.74) is 0. The van der Waals surface area contributed by atoms with E-state index in [0.717, 1.165) is 45.7 Å². The van der Waals surface area contributed by atoms with E-state index in [0.29, 0.717) is 12.5 Å². The Kier molecular flexibility index (Phi) is 4.97. The van der Waals surface area contributed by atoms with Crippen molar-refractivity contribution in [2.24, 2.45) is 5.92 Å². The number of ether oxygens (including phenoxy) is 1. The van der Waals surface area contributed by atoms with E-state index < -0.39 is 0 Å². The highest BCUT2D eigenvalue weighted by Crippen LogP contribution is 2.18. The van der Waals surface area contributed by atoms with Crippen LogP contribution in [0.25, 0.3) is 0 Å². The molecule has 2 saturated heterocycles. The molecule has 18 heavy (non-hydrogen) atoms. The molecule has 1 N–H and O–H groups in total. The monoisotopic (exact) mass is 255 g/mol. The molecule has 5 nitrogen and oxygen atoms in total. The van der Waals surface area contributed by atoms with Crippen LogP contribution >= 0.6 is 0 Å². The molecule has 0 aromatic rings. The van der Waals surface area contributed by atoms with Crippen LogP contribution in [0.1, 0.15) is 13.3 Å². The Hall–Kier alpha value is -0.650. The summed E-state index contributed by atoms with van der Waals surface area (Å²) in [4.78, 5) is 16.6. The summed E-state index contributed by atoms with van der Waals surface area (Å²) in [6.45, 7) is 8.27. The first-order chi connectivity index (χ1) is 8.74. The fourth-order valence-corrected chi connectivity index (χ4v) is 2.83. The number of rotatable bonds is 4. The highest BCUT2D eigenvalue weighted by Gasteiger charge is 2.33. The highest BCUT2D eigenvalue weighted by atomic mass is 16.5. The third-order valence-corrected chi connectivity index (χ3v) is 3.96. The summed E-state index contributed by atoms with van der Waals surface area (Å²) in [7, 11) is 1.97. The van der Waals surface area contributed by atoms with Gasteiger partial charge in [-0.25, -0.2) is 0 Å². The first-order valence-corrected chi connectivity index (χ1v) is 7.02. The molecule has 2 unspecified atom stereocenters. The maximum absolute atomic E-state index is 12.4. The standard InChI is InChI=1S/C13H25N3O2/c1-3-15-6-7-18-12(10-15)13(17)16-5-4-11(9-16)8-14-2/h11-12,14H,3-10H2,1-2H3. The van der Waals surface area contributed by atoms with E-state index in [-0.39, 0.29) is 12.0 Å². The highest BCUT2D eigenvalue weighted by molar-refractivity contribution is 5.81. The molecule has 2 aliphatic heterocycles. The van der Waals surface area contributed by atoms with Crippen molar-refractivity contribution in [3.05, 3.63) is 0 Å². The van der Waals surface area contributed by atoms with Crippen molar-refractivity contribution >= 4 is 5.91 Å². The number of morpholine rings is 1. The fraction of sp³-hybridized carbons (Fsp3) is 0.923. The summed E-state index contributed by atoms with van der Waals surface area (Å²) in [6, 6.07) is 0. The third kappa shape index (κ3) is 3.22. The Morgan fingerprint density at radius 1 is 1.39 bits per heavy atom. The average molecular weight is 255 g/mol. The van der Waals surface area contributed by atoms with Crippen molar-refractivity contribution in [3.8, 4) is 0 Å². The summed E-state index contributed by atoms with van der Waals surface area (Å²) >= 11 is 0. The van der Waals surface area contributed by atoms with E-state index in [4.69, 9.17) is 4.74 Å². The normalized spacial score (nSPS) is 29.8. The van der Waals surface area contributed by atoms with Gasteiger partial charge in [0.15, 0.2) is 0 Å². The molecule has 0 radical (unpaired) electrons. The topological polar surface area (TPSA) is 44.8 Å². The Morgan fingerprint density at radius 2 is 2.22 bits per heavy atom.